The molecular weight excluding hydrogens is 422 g/mol. The number of anilines is 1. The van der Waals surface area contributed by atoms with Gasteiger partial charge in [-0.05, 0) is 49.7 Å². The van der Waals surface area contributed by atoms with Crippen LogP contribution in [0.15, 0.2) is 41.6 Å². The normalized spacial score (nSPS) is 11.0. The van der Waals surface area contributed by atoms with Crippen LogP contribution in [0.4, 0.5) is 5.13 Å². The predicted octanol–water partition coefficient (Wildman–Crippen LogP) is 3.33. The van der Waals surface area contributed by atoms with E-state index in [4.69, 9.17) is 4.74 Å². The highest BCUT2D eigenvalue weighted by Gasteiger charge is 2.13. The monoisotopic (exact) mass is 441 g/mol. The maximum absolute atomic E-state index is 12.2. The van der Waals surface area contributed by atoms with E-state index in [0.29, 0.717) is 22.5 Å². The molecule has 11 heteroatoms. The number of thioether (sulfide) groups is 1. The van der Waals surface area contributed by atoms with Crippen molar-refractivity contribution in [2.24, 2.45) is 0 Å². The van der Waals surface area contributed by atoms with E-state index in [1.807, 2.05) is 50.2 Å². The highest BCUT2D eigenvalue weighted by Crippen LogP contribution is 2.23. The van der Waals surface area contributed by atoms with Crippen LogP contribution in [0.2, 0.25) is 0 Å². The summed E-state index contributed by atoms with van der Waals surface area (Å²) in [4.78, 5) is 12.2. The Kier molecular flexibility index (Phi) is 6.19. The molecule has 4 rings (SSSR count). The van der Waals surface area contributed by atoms with Crippen molar-refractivity contribution in [1.82, 2.24) is 30.0 Å². The Bertz CT molecular complexity index is 1160. The van der Waals surface area contributed by atoms with E-state index in [1.165, 1.54) is 23.1 Å². The Labute approximate surface area is 180 Å². The molecule has 154 valence electrons. The van der Waals surface area contributed by atoms with E-state index in [2.05, 4.69) is 30.8 Å². The quantitative estimate of drug-likeness (QED) is 0.415. The third-order valence-electron chi connectivity index (χ3n) is 4.04. The number of hydrogen-bond donors (Lipinski definition) is 1. The summed E-state index contributed by atoms with van der Waals surface area (Å²) in [6, 6.07) is 11.5. The summed E-state index contributed by atoms with van der Waals surface area (Å²) >= 11 is 2.63. The van der Waals surface area contributed by atoms with E-state index in [-0.39, 0.29) is 11.7 Å². The van der Waals surface area contributed by atoms with Crippen LogP contribution in [-0.4, -0.2) is 48.3 Å². The van der Waals surface area contributed by atoms with Crippen LogP contribution in [0, 0.1) is 0 Å². The first-order valence-corrected chi connectivity index (χ1v) is 11.2. The van der Waals surface area contributed by atoms with Gasteiger partial charge in [0.25, 0.3) is 0 Å². The molecule has 0 bridgehead atoms. The first-order valence-electron chi connectivity index (χ1n) is 9.37. The van der Waals surface area contributed by atoms with E-state index in [9.17, 15) is 4.79 Å². The molecule has 1 aromatic carbocycles. The molecule has 0 aliphatic carbocycles. The third-order valence-corrected chi connectivity index (χ3v) is 5.95. The summed E-state index contributed by atoms with van der Waals surface area (Å²) in [5.41, 5.74) is 2.34. The fourth-order valence-electron chi connectivity index (χ4n) is 2.63. The number of rotatable bonds is 8. The Morgan fingerprint density at radius 2 is 1.93 bits per heavy atom. The van der Waals surface area contributed by atoms with Crippen LogP contribution in [0.25, 0.3) is 16.9 Å². The lowest BCUT2D eigenvalue weighted by Gasteiger charge is -2.05. The van der Waals surface area contributed by atoms with Crippen molar-refractivity contribution in [3.05, 3.63) is 41.4 Å². The average molecular weight is 442 g/mol. The smallest absolute Gasteiger partial charge is 0.236 e. The molecule has 9 nitrogen and oxygen atoms in total. The van der Waals surface area contributed by atoms with Gasteiger partial charge in [-0.1, -0.05) is 30.0 Å². The van der Waals surface area contributed by atoms with E-state index in [1.54, 1.807) is 4.52 Å². The minimum Gasteiger partial charge on any atom is -0.494 e. The van der Waals surface area contributed by atoms with E-state index in [0.717, 1.165) is 28.4 Å². The molecule has 0 aliphatic heterocycles. The number of ether oxygens (including phenoxy) is 1. The summed E-state index contributed by atoms with van der Waals surface area (Å²) in [6.07, 6.45) is 0.788. The summed E-state index contributed by atoms with van der Waals surface area (Å²) in [6.45, 7) is 4.56. The number of nitrogens with zero attached hydrogens (tertiary/aromatic N) is 6. The second-order valence-electron chi connectivity index (χ2n) is 6.12. The Hall–Kier alpha value is -3.05. The largest absolute Gasteiger partial charge is 0.494 e. The number of aromatic nitrogens is 6. The van der Waals surface area contributed by atoms with Crippen molar-refractivity contribution in [3.63, 3.8) is 0 Å². The lowest BCUT2D eigenvalue weighted by molar-refractivity contribution is -0.113. The van der Waals surface area contributed by atoms with Crippen molar-refractivity contribution in [3.8, 4) is 17.0 Å². The highest BCUT2D eigenvalue weighted by atomic mass is 32.2. The first kappa shape index (κ1) is 20.2. The molecule has 0 saturated carbocycles. The van der Waals surface area contributed by atoms with Gasteiger partial charge in [0.05, 0.1) is 18.1 Å². The second kappa shape index (κ2) is 9.18. The zero-order chi connectivity index (χ0) is 20.9. The topological polar surface area (TPSA) is 107 Å². The summed E-state index contributed by atoms with van der Waals surface area (Å²) in [5, 5.41) is 25.5. The van der Waals surface area contributed by atoms with E-state index >= 15 is 0 Å². The van der Waals surface area contributed by atoms with Crippen molar-refractivity contribution in [1.29, 1.82) is 0 Å². The molecule has 3 heterocycles. The maximum Gasteiger partial charge on any atom is 0.236 e. The number of fused-ring (bicyclic) bond motifs is 1. The number of benzene rings is 1. The molecule has 0 atom stereocenters. The van der Waals surface area contributed by atoms with Gasteiger partial charge in [-0.3, -0.25) is 10.1 Å². The molecule has 0 aliphatic rings. The second-order valence-corrected chi connectivity index (χ2v) is 8.12. The molecule has 0 saturated heterocycles. The van der Waals surface area contributed by atoms with Crippen LogP contribution in [0.5, 0.6) is 5.75 Å². The Morgan fingerprint density at radius 1 is 1.10 bits per heavy atom. The summed E-state index contributed by atoms with van der Waals surface area (Å²) in [7, 11) is 0. The molecular formula is C19H19N7O2S2. The minimum atomic E-state index is -0.182. The Balaban J connectivity index is 1.46. The van der Waals surface area contributed by atoms with Crippen LogP contribution >= 0.6 is 23.1 Å². The number of nitrogens with one attached hydrogen (secondary N) is 1. The van der Waals surface area contributed by atoms with Crippen LogP contribution in [0.3, 0.4) is 0 Å². The Morgan fingerprint density at radius 3 is 2.67 bits per heavy atom. The molecule has 0 spiro atoms. The molecule has 0 radical (unpaired) electrons. The van der Waals surface area contributed by atoms with Gasteiger partial charge in [0.2, 0.25) is 16.2 Å². The SMILES string of the molecule is CCOc1ccc(-c2ccc3nnc(SCC(=O)Nc4nnc(CC)s4)n3n2)cc1. The molecule has 0 fully saturated rings. The van der Waals surface area contributed by atoms with Gasteiger partial charge in [0.1, 0.15) is 10.8 Å². The van der Waals surface area contributed by atoms with Crippen molar-refractivity contribution in [2.45, 2.75) is 25.4 Å². The number of carbonyl (C=O) groups is 1. The van der Waals surface area contributed by atoms with Gasteiger partial charge in [-0.2, -0.15) is 9.61 Å². The molecule has 1 N–H and O–H groups in total. The average Bonchev–Trinajstić information content (AvgIpc) is 3.39. The highest BCUT2D eigenvalue weighted by molar-refractivity contribution is 7.99. The van der Waals surface area contributed by atoms with Crippen molar-refractivity contribution >= 4 is 39.8 Å². The van der Waals surface area contributed by atoms with Crippen LogP contribution in [-0.2, 0) is 11.2 Å². The fourth-order valence-corrected chi connectivity index (χ4v) is 4.02. The lowest BCUT2D eigenvalue weighted by Crippen LogP contribution is -2.14. The zero-order valence-electron chi connectivity index (χ0n) is 16.4. The number of aryl methyl sites for hydroxylation is 1. The standard InChI is InChI=1S/C19H19N7O2S2/c1-3-17-22-23-18(30-17)20-16(27)11-29-19-24-21-15-10-9-14(25-26(15)19)12-5-7-13(8-6-12)28-4-2/h5-10H,3-4,11H2,1-2H3,(H,20,23,27). The number of carbonyl (C=O) groups excluding carboxylic acids is 1. The minimum absolute atomic E-state index is 0.163. The van der Waals surface area contributed by atoms with Gasteiger partial charge < -0.3 is 4.74 Å². The summed E-state index contributed by atoms with van der Waals surface area (Å²) in [5.74, 6) is 0.796. The molecule has 0 unspecified atom stereocenters. The number of hydrogen-bond acceptors (Lipinski definition) is 9. The van der Waals surface area contributed by atoms with Crippen molar-refractivity contribution in [2.75, 3.05) is 17.7 Å². The third kappa shape index (κ3) is 4.57. The fraction of sp³-hybridized carbons (Fsp3) is 0.263. The van der Waals surface area contributed by atoms with E-state index < -0.39 is 0 Å². The lowest BCUT2D eigenvalue weighted by atomic mass is 10.1. The van der Waals surface area contributed by atoms with Crippen LogP contribution < -0.4 is 10.1 Å². The summed E-state index contributed by atoms with van der Waals surface area (Å²) < 4.78 is 7.13. The van der Waals surface area contributed by atoms with Gasteiger partial charge in [0.15, 0.2) is 5.65 Å². The van der Waals surface area contributed by atoms with Gasteiger partial charge in [0, 0.05) is 5.56 Å². The molecule has 3 aromatic heterocycles. The zero-order valence-corrected chi connectivity index (χ0v) is 18.0. The molecule has 4 aromatic rings. The number of amides is 1. The van der Waals surface area contributed by atoms with Crippen LogP contribution in [0.1, 0.15) is 18.9 Å². The van der Waals surface area contributed by atoms with Crippen molar-refractivity contribution < 1.29 is 9.53 Å². The molecule has 1 amide bonds. The van der Waals surface area contributed by atoms with Gasteiger partial charge in [-0.15, -0.1) is 20.4 Å². The van der Waals surface area contributed by atoms with Gasteiger partial charge >= 0.3 is 0 Å². The molecule has 30 heavy (non-hydrogen) atoms. The predicted molar refractivity (Wildman–Crippen MR) is 116 cm³/mol. The first-order chi connectivity index (χ1) is 14.7. The van der Waals surface area contributed by atoms with Gasteiger partial charge in [-0.25, -0.2) is 0 Å². The maximum atomic E-state index is 12.2.